The number of nitro benzene ring substituents is 1. The lowest BCUT2D eigenvalue weighted by Gasteiger charge is -2.35. The monoisotopic (exact) mass is 507 g/mol. The van der Waals surface area contributed by atoms with Gasteiger partial charge in [-0.25, -0.2) is 9.69 Å². The average Bonchev–Trinajstić information content (AvgIpc) is 3.05. The standard InChI is InChI=1S/C27H29N3O7/c1-2-37-27(34)19-11-13-21(14-12-19)29-24(31)17-23(26(29)33)28(20-7-5-3-4-6-8-20)25(32)18-9-15-22(16-10-18)30(35)36/h9-16,20,23H,2-8,17H2,1H3. The number of imide groups is 1. The molecule has 0 radical (unpaired) electrons. The smallest absolute Gasteiger partial charge is 0.338 e. The molecule has 2 aromatic rings. The van der Waals surface area contributed by atoms with Crippen molar-refractivity contribution >= 4 is 35.1 Å². The summed E-state index contributed by atoms with van der Waals surface area (Å²) >= 11 is 0. The summed E-state index contributed by atoms with van der Waals surface area (Å²) in [5.74, 6) is -1.87. The number of nitrogens with zero attached hydrogens (tertiary/aromatic N) is 3. The van der Waals surface area contributed by atoms with Crippen molar-refractivity contribution in [2.24, 2.45) is 0 Å². The zero-order chi connectivity index (χ0) is 26.5. The third-order valence-corrected chi connectivity index (χ3v) is 6.87. The van der Waals surface area contributed by atoms with Crippen molar-refractivity contribution < 1.29 is 28.8 Å². The van der Waals surface area contributed by atoms with E-state index in [2.05, 4.69) is 0 Å². The quantitative estimate of drug-likeness (QED) is 0.180. The van der Waals surface area contributed by atoms with Crippen LogP contribution in [0.3, 0.4) is 0 Å². The van der Waals surface area contributed by atoms with Gasteiger partial charge in [0, 0.05) is 23.7 Å². The van der Waals surface area contributed by atoms with Crippen molar-refractivity contribution in [2.45, 2.75) is 64.0 Å². The number of benzene rings is 2. The topological polar surface area (TPSA) is 127 Å². The van der Waals surface area contributed by atoms with Gasteiger partial charge in [-0.05, 0) is 56.2 Å². The lowest BCUT2D eigenvalue weighted by molar-refractivity contribution is -0.384. The summed E-state index contributed by atoms with van der Waals surface area (Å²) in [4.78, 5) is 65.5. The summed E-state index contributed by atoms with van der Waals surface area (Å²) in [7, 11) is 0. The number of ether oxygens (including phenoxy) is 1. The van der Waals surface area contributed by atoms with Crippen molar-refractivity contribution in [2.75, 3.05) is 11.5 Å². The van der Waals surface area contributed by atoms with Gasteiger partial charge < -0.3 is 9.64 Å². The second kappa shape index (κ2) is 11.3. The molecule has 1 unspecified atom stereocenters. The minimum absolute atomic E-state index is 0.137. The van der Waals surface area contributed by atoms with Gasteiger partial charge in [0.25, 0.3) is 17.5 Å². The van der Waals surface area contributed by atoms with Crippen LogP contribution < -0.4 is 4.90 Å². The van der Waals surface area contributed by atoms with E-state index in [1.807, 2.05) is 0 Å². The van der Waals surface area contributed by atoms with Crippen LogP contribution in [0.2, 0.25) is 0 Å². The van der Waals surface area contributed by atoms with Crippen molar-refractivity contribution in [3.63, 3.8) is 0 Å². The number of non-ortho nitro benzene ring substituents is 1. The molecule has 1 heterocycles. The molecule has 0 aromatic heterocycles. The van der Waals surface area contributed by atoms with E-state index in [-0.39, 0.29) is 30.3 Å². The van der Waals surface area contributed by atoms with E-state index < -0.39 is 34.7 Å². The first-order valence-corrected chi connectivity index (χ1v) is 12.5. The molecule has 2 aliphatic rings. The van der Waals surface area contributed by atoms with Crippen molar-refractivity contribution in [3.05, 3.63) is 69.8 Å². The maximum absolute atomic E-state index is 13.7. The highest BCUT2D eigenvalue weighted by molar-refractivity contribution is 6.23. The lowest BCUT2D eigenvalue weighted by atomic mass is 10.0. The van der Waals surface area contributed by atoms with E-state index in [0.717, 1.165) is 30.6 Å². The fourth-order valence-electron chi connectivity index (χ4n) is 5.04. The van der Waals surface area contributed by atoms with Gasteiger partial charge in [0.05, 0.1) is 29.2 Å². The Morgan fingerprint density at radius 2 is 1.57 bits per heavy atom. The Hall–Kier alpha value is -4.08. The Bertz CT molecular complexity index is 1190. The summed E-state index contributed by atoms with van der Waals surface area (Å²) in [5.41, 5.74) is 0.707. The molecule has 3 amide bonds. The molecule has 194 valence electrons. The van der Waals surface area contributed by atoms with Gasteiger partial charge in [-0.2, -0.15) is 0 Å². The third kappa shape index (κ3) is 5.52. The molecule has 1 saturated carbocycles. The molecule has 0 bridgehead atoms. The number of carbonyl (C=O) groups is 4. The Morgan fingerprint density at radius 3 is 2.14 bits per heavy atom. The molecule has 1 atom stereocenters. The highest BCUT2D eigenvalue weighted by Gasteiger charge is 2.46. The number of rotatable bonds is 7. The van der Waals surface area contributed by atoms with Crippen LogP contribution in [0, 0.1) is 10.1 Å². The minimum Gasteiger partial charge on any atom is -0.462 e. The normalized spacial score (nSPS) is 18.4. The predicted octanol–water partition coefficient (Wildman–Crippen LogP) is 4.27. The first-order chi connectivity index (χ1) is 17.8. The number of amides is 3. The summed E-state index contributed by atoms with van der Waals surface area (Å²) < 4.78 is 4.98. The predicted molar refractivity (Wildman–Crippen MR) is 134 cm³/mol. The Labute approximate surface area is 214 Å². The van der Waals surface area contributed by atoms with Crippen LogP contribution in [-0.2, 0) is 14.3 Å². The first kappa shape index (κ1) is 26.0. The Kier molecular flexibility index (Phi) is 7.95. The zero-order valence-corrected chi connectivity index (χ0v) is 20.6. The van der Waals surface area contributed by atoms with Crippen molar-refractivity contribution in [1.29, 1.82) is 0 Å². The Balaban J connectivity index is 1.63. The molecule has 37 heavy (non-hydrogen) atoms. The number of hydrogen-bond donors (Lipinski definition) is 0. The van der Waals surface area contributed by atoms with Crippen LogP contribution >= 0.6 is 0 Å². The molecule has 2 fully saturated rings. The van der Waals surface area contributed by atoms with E-state index in [9.17, 15) is 29.3 Å². The van der Waals surface area contributed by atoms with Crippen LogP contribution in [0.1, 0.15) is 72.6 Å². The largest absolute Gasteiger partial charge is 0.462 e. The maximum atomic E-state index is 13.7. The van der Waals surface area contributed by atoms with E-state index in [1.165, 1.54) is 53.4 Å². The van der Waals surface area contributed by atoms with Crippen LogP contribution in [0.5, 0.6) is 0 Å². The van der Waals surface area contributed by atoms with Gasteiger partial charge in [-0.1, -0.05) is 25.7 Å². The van der Waals surface area contributed by atoms with Crippen LogP contribution in [0.15, 0.2) is 48.5 Å². The van der Waals surface area contributed by atoms with Crippen LogP contribution in [-0.4, -0.2) is 52.2 Å². The van der Waals surface area contributed by atoms with Gasteiger partial charge in [-0.15, -0.1) is 0 Å². The number of esters is 1. The van der Waals surface area contributed by atoms with Crippen LogP contribution in [0.25, 0.3) is 0 Å². The molecule has 10 nitrogen and oxygen atoms in total. The van der Waals surface area contributed by atoms with E-state index in [0.29, 0.717) is 24.1 Å². The fraction of sp³-hybridized carbons (Fsp3) is 0.407. The summed E-state index contributed by atoms with van der Waals surface area (Å²) in [6, 6.07) is 10.1. The lowest BCUT2D eigenvalue weighted by Crippen LogP contribution is -2.50. The van der Waals surface area contributed by atoms with Gasteiger partial charge in [-0.3, -0.25) is 24.5 Å². The molecule has 0 N–H and O–H groups in total. The molecule has 0 spiro atoms. The first-order valence-electron chi connectivity index (χ1n) is 12.5. The number of anilines is 1. The minimum atomic E-state index is -0.983. The van der Waals surface area contributed by atoms with Crippen LogP contribution in [0.4, 0.5) is 11.4 Å². The highest BCUT2D eigenvalue weighted by Crippen LogP contribution is 2.32. The van der Waals surface area contributed by atoms with Gasteiger partial charge >= 0.3 is 5.97 Å². The highest BCUT2D eigenvalue weighted by atomic mass is 16.6. The second-order valence-electron chi connectivity index (χ2n) is 9.22. The summed E-state index contributed by atoms with van der Waals surface area (Å²) in [5, 5.41) is 11.0. The third-order valence-electron chi connectivity index (χ3n) is 6.87. The van der Waals surface area contributed by atoms with Gasteiger partial charge in [0.2, 0.25) is 5.91 Å². The molecule has 2 aromatic carbocycles. The summed E-state index contributed by atoms with van der Waals surface area (Å²) in [6.45, 7) is 1.93. The summed E-state index contributed by atoms with van der Waals surface area (Å²) in [6.07, 6.45) is 5.15. The van der Waals surface area contributed by atoms with E-state index in [1.54, 1.807) is 6.92 Å². The van der Waals surface area contributed by atoms with Crippen molar-refractivity contribution in [1.82, 2.24) is 4.90 Å². The van der Waals surface area contributed by atoms with Gasteiger partial charge in [0.1, 0.15) is 6.04 Å². The number of carbonyl (C=O) groups excluding carboxylic acids is 4. The average molecular weight is 508 g/mol. The Morgan fingerprint density at radius 1 is 0.973 bits per heavy atom. The number of nitro groups is 1. The molecule has 10 heteroatoms. The fourth-order valence-corrected chi connectivity index (χ4v) is 5.04. The molecular formula is C27H29N3O7. The molecule has 1 aliphatic heterocycles. The molecule has 4 rings (SSSR count). The zero-order valence-electron chi connectivity index (χ0n) is 20.6. The second-order valence-corrected chi connectivity index (χ2v) is 9.22. The molecule has 1 saturated heterocycles. The maximum Gasteiger partial charge on any atom is 0.338 e. The SMILES string of the molecule is CCOC(=O)c1ccc(N2C(=O)CC(N(C(=O)c3ccc([N+](=O)[O-])cc3)C3CCCCCC3)C2=O)cc1. The van der Waals surface area contributed by atoms with E-state index >= 15 is 0 Å². The van der Waals surface area contributed by atoms with Gasteiger partial charge in [0.15, 0.2) is 0 Å². The molecular weight excluding hydrogens is 478 g/mol. The molecule has 1 aliphatic carbocycles. The van der Waals surface area contributed by atoms with E-state index in [4.69, 9.17) is 4.74 Å². The van der Waals surface area contributed by atoms with Crippen molar-refractivity contribution in [3.8, 4) is 0 Å². The number of hydrogen-bond acceptors (Lipinski definition) is 7.